The Hall–Kier alpha value is -5.87. The van der Waals surface area contributed by atoms with E-state index in [0.29, 0.717) is 0 Å². The topological polar surface area (TPSA) is 22.6 Å². The molecular formula is C56H47N4PtS-3. The number of pyridine rings is 1. The van der Waals surface area contributed by atoms with Gasteiger partial charge in [-0.15, -0.1) is 57.7 Å². The van der Waals surface area contributed by atoms with Crippen molar-refractivity contribution in [2.45, 2.75) is 62.2 Å². The number of anilines is 7. The van der Waals surface area contributed by atoms with E-state index in [2.05, 4.69) is 233 Å². The Bertz CT molecular complexity index is 2880. The molecule has 0 saturated carbocycles. The van der Waals surface area contributed by atoms with Crippen LogP contribution in [0.1, 0.15) is 52.7 Å². The number of rotatable bonds is 6. The average molecular weight is 1000 g/mol. The molecule has 2 aliphatic heterocycles. The summed E-state index contributed by atoms with van der Waals surface area (Å²) in [6.45, 7) is 16.0. The number of fused-ring (bicyclic) bond motifs is 6. The monoisotopic (exact) mass is 1000 g/mol. The first-order chi connectivity index (χ1) is 29.5. The molecule has 0 atom stereocenters. The molecule has 0 fully saturated rings. The van der Waals surface area contributed by atoms with Crippen LogP contribution in [0.4, 0.5) is 39.9 Å². The van der Waals surface area contributed by atoms with E-state index >= 15 is 0 Å². The van der Waals surface area contributed by atoms with Crippen LogP contribution in [0, 0.1) is 18.8 Å². The second-order valence-corrected chi connectivity index (χ2v) is 19.0. The minimum Gasteiger partial charge on any atom is -0.493 e. The van der Waals surface area contributed by atoms with Gasteiger partial charge in [-0.3, -0.25) is 0 Å². The van der Waals surface area contributed by atoms with Gasteiger partial charge in [-0.25, -0.2) is 4.98 Å². The van der Waals surface area contributed by atoms with Gasteiger partial charge in [-0.1, -0.05) is 138 Å². The van der Waals surface area contributed by atoms with Crippen LogP contribution in [0.15, 0.2) is 180 Å². The minimum absolute atomic E-state index is 0. The molecule has 0 N–H and O–H groups in total. The predicted molar refractivity (Wildman–Crippen MR) is 256 cm³/mol. The van der Waals surface area contributed by atoms with Crippen LogP contribution >= 0.6 is 11.8 Å². The smallest absolute Gasteiger partial charge is 0.135 e. The molecule has 1 aromatic heterocycles. The van der Waals surface area contributed by atoms with E-state index in [-0.39, 0.29) is 31.9 Å². The van der Waals surface area contributed by atoms with Crippen molar-refractivity contribution in [3.8, 4) is 33.4 Å². The first-order valence-electron chi connectivity index (χ1n) is 21.0. The zero-order valence-electron chi connectivity index (χ0n) is 35.8. The predicted octanol–water partition coefficient (Wildman–Crippen LogP) is 15.6. The summed E-state index contributed by atoms with van der Waals surface area (Å²) in [6.07, 6.45) is 1.86. The molecule has 4 nitrogen and oxygen atoms in total. The van der Waals surface area contributed by atoms with Crippen molar-refractivity contribution in [2.24, 2.45) is 0 Å². The van der Waals surface area contributed by atoms with Crippen LogP contribution in [0.3, 0.4) is 0 Å². The van der Waals surface area contributed by atoms with Crippen molar-refractivity contribution in [1.29, 1.82) is 0 Å². The van der Waals surface area contributed by atoms with E-state index in [1.54, 1.807) is 11.8 Å². The number of hydrogen-bond acceptors (Lipinski definition) is 5. The van der Waals surface area contributed by atoms with Crippen molar-refractivity contribution in [2.75, 3.05) is 14.7 Å². The van der Waals surface area contributed by atoms with Crippen molar-refractivity contribution < 1.29 is 21.1 Å². The van der Waals surface area contributed by atoms with Crippen molar-refractivity contribution >= 4 is 51.7 Å². The van der Waals surface area contributed by atoms with E-state index in [0.717, 1.165) is 60.9 Å². The zero-order chi connectivity index (χ0) is 41.9. The van der Waals surface area contributed by atoms with Crippen molar-refractivity contribution in [3.63, 3.8) is 0 Å². The third-order valence-electron chi connectivity index (χ3n) is 11.6. The van der Waals surface area contributed by atoms with E-state index in [1.807, 2.05) is 12.3 Å². The number of benzene rings is 7. The largest absolute Gasteiger partial charge is 0.493 e. The summed E-state index contributed by atoms with van der Waals surface area (Å²) < 4.78 is 0. The van der Waals surface area contributed by atoms with Gasteiger partial charge in [-0.05, 0) is 87.2 Å². The first-order valence-corrected chi connectivity index (χ1v) is 21.8. The van der Waals surface area contributed by atoms with E-state index in [1.165, 1.54) is 33.4 Å². The zero-order valence-corrected chi connectivity index (χ0v) is 38.8. The van der Waals surface area contributed by atoms with Gasteiger partial charge in [0.1, 0.15) is 5.82 Å². The Morgan fingerprint density at radius 1 is 0.500 bits per heavy atom. The Morgan fingerprint density at radius 2 is 1.15 bits per heavy atom. The van der Waals surface area contributed by atoms with Gasteiger partial charge >= 0.3 is 0 Å². The molecule has 0 amide bonds. The van der Waals surface area contributed by atoms with Gasteiger partial charge in [0.15, 0.2) is 0 Å². The summed E-state index contributed by atoms with van der Waals surface area (Å²) >= 11 is 1.68. The third kappa shape index (κ3) is 7.78. The normalized spacial score (nSPS) is 13.1. The third-order valence-corrected chi connectivity index (χ3v) is 12.6. The Labute approximate surface area is 385 Å². The van der Waals surface area contributed by atoms with Gasteiger partial charge in [0.05, 0.1) is 5.69 Å². The number of hydrogen-bond donors (Lipinski definition) is 0. The van der Waals surface area contributed by atoms with Crippen LogP contribution in [-0.2, 0) is 31.9 Å². The van der Waals surface area contributed by atoms with Gasteiger partial charge in [0.25, 0.3) is 0 Å². The Balaban J connectivity index is 0.00000490. The molecule has 0 unspecified atom stereocenters. The van der Waals surface area contributed by atoms with Gasteiger partial charge in [0, 0.05) is 49.9 Å². The molecule has 0 aliphatic carbocycles. The summed E-state index contributed by atoms with van der Waals surface area (Å²) in [5, 5.41) is 0. The number of aromatic nitrogens is 1. The van der Waals surface area contributed by atoms with Gasteiger partial charge in [-0.2, -0.15) is 24.3 Å². The van der Waals surface area contributed by atoms with Gasteiger partial charge < -0.3 is 14.7 Å². The molecule has 0 radical (unpaired) electrons. The molecule has 3 heterocycles. The number of para-hydroxylation sites is 2. The van der Waals surface area contributed by atoms with Crippen LogP contribution < -0.4 is 14.7 Å². The van der Waals surface area contributed by atoms with E-state index in [9.17, 15) is 0 Å². The fourth-order valence-electron chi connectivity index (χ4n) is 8.35. The molecule has 7 aromatic carbocycles. The molecule has 10 rings (SSSR count). The second kappa shape index (κ2) is 16.4. The molecule has 6 heteroatoms. The first kappa shape index (κ1) is 41.5. The molecule has 310 valence electrons. The minimum atomic E-state index is 0. The fourth-order valence-corrected chi connectivity index (χ4v) is 9.17. The van der Waals surface area contributed by atoms with Gasteiger partial charge in [0.2, 0.25) is 0 Å². The van der Waals surface area contributed by atoms with Crippen LogP contribution in [0.2, 0.25) is 0 Å². The second-order valence-electron chi connectivity index (χ2n) is 17.9. The number of nitrogens with zero attached hydrogens (tertiary/aromatic N) is 4. The molecule has 0 spiro atoms. The Kier molecular flexibility index (Phi) is 11.0. The summed E-state index contributed by atoms with van der Waals surface area (Å²) in [4.78, 5) is 13.8. The van der Waals surface area contributed by atoms with E-state index < -0.39 is 0 Å². The van der Waals surface area contributed by atoms with Crippen LogP contribution in [0.25, 0.3) is 33.4 Å². The molecule has 2 aliphatic rings. The Morgan fingerprint density at radius 3 is 1.84 bits per heavy atom. The fraction of sp³-hybridized carbons (Fsp3) is 0.143. The molecule has 0 saturated heterocycles. The van der Waals surface area contributed by atoms with E-state index in [4.69, 9.17) is 4.98 Å². The molecule has 62 heavy (non-hydrogen) atoms. The molecular weight excluding hydrogens is 956 g/mol. The average Bonchev–Trinajstić information content (AvgIpc) is 3.61. The standard InChI is InChI=1S/C56H47N4S.Pt/c1-55(2,3)40-32-41(56(4,5)6)34-43(33-40)59-37-58(51-23-12-13-24-52(51)59)42-19-16-20-44(35-42)61-45-27-28-48-46-21-10-11-22-47(46)49-31-39(38-17-8-7-9-18-38)26-29-50(49)60(53(48)36-45)54-25-14-15-30-57-54;/h7-34,37H,1-6H3;/q-3;. The maximum atomic E-state index is 4.91. The van der Waals surface area contributed by atoms with Crippen molar-refractivity contribution in [3.05, 3.63) is 200 Å². The maximum absolute atomic E-state index is 4.91. The van der Waals surface area contributed by atoms with Crippen LogP contribution in [-0.4, -0.2) is 4.98 Å². The van der Waals surface area contributed by atoms with Crippen LogP contribution in [0.5, 0.6) is 0 Å². The SMILES string of the molecule is CC(C)(C)c1cc(N2[CH-]N(c3[c-]c(Sc4[c-]c5c(cc4)-c4ccccc4-c4cc(-c6ccccc6)ccc4N5c4ccccn4)ccc3)c3ccccc32)cc(C(C)(C)C)c1.[Pt]. The molecule has 8 aromatic rings. The maximum Gasteiger partial charge on any atom is 0.135 e. The van der Waals surface area contributed by atoms with Crippen molar-refractivity contribution in [1.82, 2.24) is 4.98 Å². The quantitative estimate of drug-likeness (QED) is 0.154. The summed E-state index contributed by atoms with van der Waals surface area (Å²) in [5.41, 5.74) is 16.1. The molecule has 0 bridgehead atoms. The summed E-state index contributed by atoms with van der Waals surface area (Å²) in [6, 6.07) is 66.5. The summed E-state index contributed by atoms with van der Waals surface area (Å²) in [5.74, 6) is 0.840. The summed E-state index contributed by atoms with van der Waals surface area (Å²) in [7, 11) is 0.